The summed E-state index contributed by atoms with van der Waals surface area (Å²) in [6.45, 7) is 3.62. The molecule has 0 aliphatic carbocycles. The zero-order valence-electron chi connectivity index (χ0n) is 11.9. The van der Waals surface area contributed by atoms with Gasteiger partial charge in [0.15, 0.2) is 0 Å². The van der Waals surface area contributed by atoms with Gasteiger partial charge >= 0.3 is 0 Å². The minimum absolute atomic E-state index is 0.0660. The van der Waals surface area contributed by atoms with Crippen molar-refractivity contribution in [1.29, 1.82) is 0 Å². The molecule has 7 heteroatoms. The lowest BCUT2D eigenvalue weighted by Gasteiger charge is -2.35. The highest BCUT2D eigenvalue weighted by atomic mass is 35.5. The summed E-state index contributed by atoms with van der Waals surface area (Å²) in [6.07, 6.45) is -0.662. The van der Waals surface area contributed by atoms with Gasteiger partial charge in [-0.25, -0.2) is 0 Å². The van der Waals surface area contributed by atoms with Crippen molar-refractivity contribution >= 4 is 29.1 Å². The van der Waals surface area contributed by atoms with Crippen molar-refractivity contribution in [3.63, 3.8) is 0 Å². The molecule has 2 N–H and O–H groups in total. The van der Waals surface area contributed by atoms with Gasteiger partial charge in [0.25, 0.3) is 0 Å². The smallest absolute Gasteiger partial charge is 0.247 e. The molecule has 1 aromatic rings. The Balaban J connectivity index is 2.14. The number of rotatable bonds is 4. The third kappa shape index (κ3) is 4.01. The number of carbonyl (C=O) groups excluding carboxylic acids is 1. The standard InChI is InChI=1S/C14H18Cl2N2O3/c1-8-5-18(7-13(21-8)14(17)19)6-9-3-11(16)12(20-2)4-10(9)15/h3-4,8,13H,5-7H2,1-2H3,(H2,17,19)/t8-,13?/m1/s1. The van der Waals surface area contributed by atoms with Crippen molar-refractivity contribution in [2.45, 2.75) is 25.7 Å². The van der Waals surface area contributed by atoms with Crippen molar-refractivity contribution in [1.82, 2.24) is 4.90 Å². The first-order valence-corrected chi connectivity index (χ1v) is 7.35. The van der Waals surface area contributed by atoms with Gasteiger partial charge in [-0.1, -0.05) is 23.2 Å². The molecule has 1 unspecified atom stereocenters. The average molecular weight is 333 g/mol. The van der Waals surface area contributed by atoms with E-state index in [2.05, 4.69) is 4.90 Å². The van der Waals surface area contributed by atoms with Gasteiger partial charge in [0.05, 0.1) is 18.2 Å². The molecule has 21 heavy (non-hydrogen) atoms. The number of amides is 1. The van der Waals surface area contributed by atoms with Crippen molar-refractivity contribution in [3.05, 3.63) is 27.7 Å². The van der Waals surface area contributed by atoms with Crippen LogP contribution in [0.5, 0.6) is 5.75 Å². The second kappa shape index (κ2) is 6.83. The Hall–Kier alpha value is -1.01. The summed E-state index contributed by atoms with van der Waals surface area (Å²) in [4.78, 5) is 13.4. The fraction of sp³-hybridized carbons (Fsp3) is 0.500. The third-order valence-electron chi connectivity index (χ3n) is 3.37. The first-order valence-electron chi connectivity index (χ1n) is 6.59. The molecule has 116 valence electrons. The van der Waals surface area contributed by atoms with Crippen LogP contribution in [0.3, 0.4) is 0 Å². The summed E-state index contributed by atoms with van der Waals surface area (Å²) < 4.78 is 10.6. The van der Waals surface area contributed by atoms with Gasteiger partial charge in [-0.15, -0.1) is 0 Å². The van der Waals surface area contributed by atoms with Crippen LogP contribution in [-0.2, 0) is 16.1 Å². The molecule has 0 saturated carbocycles. The fourth-order valence-corrected chi connectivity index (χ4v) is 2.89. The maximum absolute atomic E-state index is 11.3. The molecule has 1 aliphatic heterocycles. The highest BCUT2D eigenvalue weighted by Crippen LogP contribution is 2.32. The molecule has 1 amide bonds. The topological polar surface area (TPSA) is 64.8 Å². The van der Waals surface area contributed by atoms with E-state index >= 15 is 0 Å². The normalized spacial score (nSPS) is 23.0. The van der Waals surface area contributed by atoms with E-state index in [1.807, 2.05) is 6.92 Å². The molecule has 1 saturated heterocycles. The Morgan fingerprint density at radius 3 is 2.76 bits per heavy atom. The van der Waals surface area contributed by atoms with Crippen LogP contribution in [-0.4, -0.2) is 43.2 Å². The monoisotopic (exact) mass is 332 g/mol. The van der Waals surface area contributed by atoms with E-state index in [1.165, 1.54) is 0 Å². The molecule has 1 fully saturated rings. The lowest BCUT2D eigenvalue weighted by atomic mass is 10.1. The van der Waals surface area contributed by atoms with E-state index < -0.39 is 12.0 Å². The van der Waals surface area contributed by atoms with Crippen molar-refractivity contribution in [3.8, 4) is 5.75 Å². The van der Waals surface area contributed by atoms with Crippen LogP contribution in [0.2, 0.25) is 10.0 Å². The zero-order chi connectivity index (χ0) is 15.6. The van der Waals surface area contributed by atoms with Crippen molar-refractivity contribution in [2.75, 3.05) is 20.2 Å². The number of hydrogen-bond donors (Lipinski definition) is 1. The quantitative estimate of drug-likeness (QED) is 0.916. The zero-order valence-corrected chi connectivity index (χ0v) is 13.4. The molecular weight excluding hydrogens is 315 g/mol. The Bertz CT molecular complexity index is 539. The Labute approximate surface area is 133 Å². The molecule has 2 atom stereocenters. The number of carbonyl (C=O) groups is 1. The van der Waals surface area contributed by atoms with Crippen LogP contribution in [0.4, 0.5) is 0 Å². The first kappa shape index (κ1) is 16.4. The van der Waals surface area contributed by atoms with Crippen LogP contribution in [0.1, 0.15) is 12.5 Å². The second-order valence-corrected chi connectivity index (χ2v) is 5.92. The lowest BCUT2D eigenvalue weighted by molar-refractivity contribution is -0.142. The number of methoxy groups -OCH3 is 1. The lowest BCUT2D eigenvalue weighted by Crippen LogP contribution is -2.51. The van der Waals surface area contributed by atoms with Crippen LogP contribution < -0.4 is 10.5 Å². The number of nitrogens with two attached hydrogens (primary N) is 1. The summed E-state index contributed by atoms with van der Waals surface area (Å²) in [7, 11) is 1.54. The van der Waals surface area contributed by atoms with Crippen LogP contribution in [0.15, 0.2) is 12.1 Å². The molecule has 1 aromatic carbocycles. The van der Waals surface area contributed by atoms with Gasteiger partial charge in [0, 0.05) is 30.7 Å². The SMILES string of the molecule is COc1cc(Cl)c(CN2CC(C(N)=O)O[C@H](C)C2)cc1Cl. The minimum Gasteiger partial charge on any atom is -0.495 e. The van der Waals surface area contributed by atoms with Crippen LogP contribution in [0, 0.1) is 0 Å². The summed E-state index contributed by atoms with van der Waals surface area (Å²) in [5.74, 6) is 0.0844. The van der Waals surface area contributed by atoms with E-state index in [1.54, 1.807) is 19.2 Å². The van der Waals surface area contributed by atoms with Crippen molar-refractivity contribution in [2.24, 2.45) is 5.73 Å². The van der Waals surface area contributed by atoms with Gasteiger partial charge in [-0.2, -0.15) is 0 Å². The van der Waals surface area contributed by atoms with E-state index in [-0.39, 0.29) is 6.10 Å². The molecular formula is C14H18Cl2N2O3. The van der Waals surface area contributed by atoms with Gasteiger partial charge in [0.2, 0.25) is 5.91 Å². The summed E-state index contributed by atoms with van der Waals surface area (Å²) >= 11 is 12.4. The van der Waals surface area contributed by atoms with Crippen LogP contribution in [0.25, 0.3) is 0 Å². The average Bonchev–Trinajstić information content (AvgIpc) is 2.41. The molecule has 2 rings (SSSR count). The van der Waals surface area contributed by atoms with E-state index in [9.17, 15) is 4.79 Å². The molecule has 0 spiro atoms. The summed E-state index contributed by atoms with van der Waals surface area (Å²) in [5, 5.41) is 1.08. The van der Waals surface area contributed by atoms with Gasteiger partial charge in [-0.05, 0) is 18.6 Å². The molecule has 0 aromatic heterocycles. The number of primary amides is 1. The van der Waals surface area contributed by atoms with Gasteiger partial charge in [-0.3, -0.25) is 9.69 Å². The van der Waals surface area contributed by atoms with Crippen molar-refractivity contribution < 1.29 is 14.3 Å². The largest absolute Gasteiger partial charge is 0.495 e. The van der Waals surface area contributed by atoms with Gasteiger partial charge in [0.1, 0.15) is 11.9 Å². The number of morpholine rings is 1. The Kier molecular flexibility index (Phi) is 5.32. The molecule has 5 nitrogen and oxygen atoms in total. The maximum Gasteiger partial charge on any atom is 0.247 e. The number of halogens is 2. The van der Waals surface area contributed by atoms with E-state index in [0.29, 0.717) is 35.4 Å². The Morgan fingerprint density at radius 2 is 2.14 bits per heavy atom. The predicted molar refractivity (Wildman–Crippen MR) is 81.8 cm³/mol. The van der Waals surface area contributed by atoms with E-state index in [0.717, 1.165) is 5.56 Å². The molecule has 1 heterocycles. The highest BCUT2D eigenvalue weighted by Gasteiger charge is 2.29. The summed E-state index contributed by atoms with van der Waals surface area (Å²) in [5.41, 5.74) is 6.20. The number of hydrogen-bond acceptors (Lipinski definition) is 4. The highest BCUT2D eigenvalue weighted by molar-refractivity contribution is 6.34. The number of benzene rings is 1. The molecule has 0 bridgehead atoms. The fourth-order valence-electron chi connectivity index (χ4n) is 2.41. The van der Waals surface area contributed by atoms with Gasteiger partial charge < -0.3 is 15.2 Å². The minimum atomic E-state index is -0.596. The van der Waals surface area contributed by atoms with Crippen LogP contribution >= 0.6 is 23.2 Å². The number of nitrogens with zero attached hydrogens (tertiary/aromatic N) is 1. The third-order valence-corrected chi connectivity index (χ3v) is 4.02. The maximum atomic E-state index is 11.3. The van der Waals surface area contributed by atoms with E-state index in [4.69, 9.17) is 38.4 Å². The molecule has 1 aliphatic rings. The number of ether oxygens (including phenoxy) is 2. The second-order valence-electron chi connectivity index (χ2n) is 5.11. The Morgan fingerprint density at radius 1 is 1.43 bits per heavy atom. The first-order chi connectivity index (χ1) is 9.90. The summed E-state index contributed by atoms with van der Waals surface area (Å²) in [6, 6.07) is 3.47. The molecule has 0 radical (unpaired) electrons. The predicted octanol–water partition coefficient (Wildman–Crippen LogP) is 2.08.